The lowest BCUT2D eigenvalue weighted by atomic mass is 10.2. The molecule has 19 heavy (non-hydrogen) atoms. The Morgan fingerprint density at radius 3 is 2.63 bits per heavy atom. The summed E-state index contributed by atoms with van der Waals surface area (Å²) in [4.78, 5) is 16.6. The van der Waals surface area contributed by atoms with Crippen LogP contribution in [0.5, 0.6) is 0 Å². The van der Waals surface area contributed by atoms with Gasteiger partial charge in [-0.2, -0.15) is 5.10 Å². The summed E-state index contributed by atoms with van der Waals surface area (Å²) in [7, 11) is 0. The van der Waals surface area contributed by atoms with Gasteiger partial charge in [0.1, 0.15) is 0 Å². The molecule has 0 spiro atoms. The van der Waals surface area contributed by atoms with Gasteiger partial charge in [-0.05, 0) is 25.3 Å². The first-order chi connectivity index (χ1) is 9.21. The molecule has 0 saturated heterocycles. The van der Waals surface area contributed by atoms with Crippen molar-refractivity contribution in [3.63, 3.8) is 0 Å². The molecule has 2 aromatic heterocycles. The normalized spacial score (nSPS) is 10.9. The second kappa shape index (κ2) is 5.82. The lowest BCUT2D eigenvalue weighted by Gasteiger charge is -2.07. The summed E-state index contributed by atoms with van der Waals surface area (Å²) >= 11 is 0. The molecule has 0 atom stereocenters. The van der Waals surface area contributed by atoms with Gasteiger partial charge in [-0.15, -0.1) is 0 Å². The SMILES string of the molecule is CCCn1ccnc(-n2nc(CC)cc2CC)c1=O. The Hall–Kier alpha value is -1.91. The fourth-order valence-corrected chi connectivity index (χ4v) is 2.08. The fraction of sp³-hybridized carbons (Fsp3) is 0.500. The van der Waals surface area contributed by atoms with E-state index in [1.54, 1.807) is 21.6 Å². The average Bonchev–Trinajstić information content (AvgIpc) is 2.84. The summed E-state index contributed by atoms with van der Waals surface area (Å²) in [6.45, 7) is 6.87. The van der Waals surface area contributed by atoms with E-state index in [-0.39, 0.29) is 5.56 Å². The highest BCUT2D eigenvalue weighted by atomic mass is 16.1. The van der Waals surface area contributed by atoms with Crippen molar-refractivity contribution >= 4 is 0 Å². The molecular formula is C14H20N4O. The molecule has 5 nitrogen and oxygen atoms in total. The zero-order valence-corrected chi connectivity index (χ0v) is 11.8. The topological polar surface area (TPSA) is 52.7 Å². The quantitative estimate of drug-likeness (QED) is 0.825. The molecule has 0 unspecified atom stereocenters. The molecule has 0 saturated carbocycles. The number of aryl methyl sites for hydroxylation is 3. The van der Waals surface area contributed by atoms with Crippen molar-refractivity contribution in [1.29, 1.82) is 0 Å². The Morgan fingerprint density at radius 1 is 1.21 bits per heavy atom. The minimum atomic E-state index is -0.0789. The van der Waals surface area contributed by atoms with Gasteiger partial charge >= 0.3 is 0 Å². The van der Waals surface area contributed by atoms with Crippen LogP contribution in [0.2, 0.25) is 0 Å². The molecule has 2 rings (SSSR count). The van der Waals surface area contributed by atoms with E-state index in [1.807, 2.05) is 13.0 Å². The summed E-state index contributed by atoms with van der Waals surface area (Å²) < 4.78 is 3.38. The number of aromatic nitrogens is 4. The van der Waals surface area contributed by atoms with Gasteiger partial charge in [0, 0.05) is 24.6 Å². The Labute approximate surface area is 112 Å². The second-order valence-electron chi connectivity index (χ2n) is 4.50. The lowest BCUT2D eigenvalue weighted by molar-refractivity contribution is 0.632. The lowest BCUT2D eigenvalue weighted by Crippen LogP contribution is -2.26. The molecule has 0 aromatic carbocycles. The van der Waals surface area contributed by atoms with Crippen LogP contribution in [0.3, 0.4) is 0 Å². The Bertz CT molecular complexity index is 612. The van der Waals surface area contributed by atoms with Gasteiger partial charge in [0.05, 0.1) is 5.69 Å². The van der Waals surface area contributed by atoms with Crippen molar-refractivity contribution in [2.24, 2.45) is 0 Å². The molecule has 2 aromatic rings. The van der Waals surface area contributed by atoms with E-state index >= 15 is 0 Å². The molecule has 2 heterocycles. The highest BCUT2D eigenvalue weighted by Crippen LogP contribution is 2.09. The average molecular weight is 260 g/mol. The van der Waals surface area contributed by atoms with Crippen molar-refractivity contribution in [3.8, 4) is 5.82 Å². The Kier molecular flexibility index (Phi) is 4.14. The number of hydrogen-bond acceptors (Lipinski definition) is 3. The molecule has 0 aliphatic heterocycles. The highest BCUT2D eigenvalue weighted by Gasteiger charge is 2.12. The van der Waals surface area contributed by atoms with Crippen molar-refractivity contribution in [1.82, 2.24) is 19.3 Å². The molecule has 0 fully saturated rings. The van der Waals surface area contributed by atoms with Crippen molar-refractivity contribution in [2.75, 3.05) is 0 Å². The summed E-state index contributed by atoms with van der Waals surface area (Å²) in [6.07, 6.45) is 6.00. The van der Waals surface area contributed by atoms with Crippen molar-refractivity contribution in [2.45, 2.75) is 46.6 Å². The van der Waals surface area contributed by atoms with Crippen LogP contribution in [0.1, 0.15) is 38.6 Å². The first-order valence-corrected chi connectivity index (χ1v) is 6.84. The van der Waals surface area contributed by atoms with E-state index in [1.165, 1.54) is 0 Å². The van der Waals surface area contributed by atoms with Gasteiger partial charge in [-0.3, -0.25) is 4.79 Å². The van der Waals surface area contributed by atoms with E-state index in [9.17, 15) is 4.79 Å². The van der Waals surface area contributed by atoms with Gasteiger partial charge in [-0.1, -0.05) is 20.8 Å². The number of hydrogen-bond donors (Lipinski definition) is 0. The third kappa shape index (κ3) is 2.59. The van der Waals surface area contributed by atoms with Gasteiger partial charge < -0.3 is 4.57 Å². The molecule has 0 aliphatic rings. The minimum Gasteiger partial charge on any atom is -0.311 e. The van der Waals surface area contributed by atoms with Crippen molar-refractivity contribution in [3.05, 3.63) is 40.2 Å². The number of rotatable bonds is 5. The summed E-state index contributed by atoms with van der Waals surface area (Å²) in [5, 5.41) is 4.47. The van der Waals surface area contributed by atoms with E-state index in [4.69, 9.17) is 0 Å². The maximum atomic E-state index is 12.4. The zero-order chi connectivity index (χ0) is 13.8. The van der Waals surface area contributed by atoms with Crippen LogP contribution in [-0.4, -0.2) is 19.3 Å². The second-order valence-corrected chi connectivity index (χ2v) is 4.50. The Balaban J connectivity index is 2.55. The zero-order valence-electron chi connectivity index (χ0n) is 11.8. The molecule has 0 N–H and O–H groups in total. The molecule has 0 bridgehead atoms. The van der Waals surface area contributed by atoms with E-state index < -0.39 is 0 Å². The van der Waals surface area contributed by atoms with Crippen LogP contribution >= 0.6 is 0 Å². The van der Waals surface area contributed by atoms with Gasteiger partial charge in [0.25, 0.3) is 5.56 Å². The third-order valence-electron chi connectivity index (χ3n) is 3.12. The monoisotopic (exact) mass is 260 g/mol. The smallest absolute Gasteiger partial charge is 0.295 e. The summed E-state index contributed by atoms with van der Waals surface area (Å²) in [5.41, 5.74) is 1.93. The maximum absolute atomic E-state index is 12.4. The minimum absolute atomic E-state index is 0.0789. The van der Waals surface area contributed by atoms with Crippen molar-refractivity contribution < 1.29 is 0 Å². The molecule has 102 valence electrons. The summed E-state index contributed by atoms with van der Waals surface area (Å²) in [5.74, 6) is 0.396. The molecule has 0 radical (unpaired) electrons. The van der Waals surface area contributed by atoms with E-state index in [0.717, 1.165) is 30.7 Å². The largest absolute Gasteiger partial charge is 0.311 e. The maximum Gasteiger partial charge on any atom is 0.295 e. The van der Waals surface area contributed by atoms with Crippen LogP contribution in [0.25, 0.3) is 5.82 Å². The van der Waals surface area contributed by atoms with E-state index in [2.05, 4.69) is 23.9 Å². The van der Waals surface area contributed by atoms with Crippen LogP contribution in [0.15, 0.2) is 23.3 Å². The van der Waals surface area contributed by atoms with Crippen LogP contribution in [0, 0.1) is 0 Å². The predicted molar refractivity (Wildman–Crippen MR) is 74.7 cm³/mol. The fourth-order valence-electron chi connectivity index (χ4n) is 2.08. The van der Waals surface area contributed by atoms with E-state index in [0.29, 0.717) is 12.4 Å². The summed E-state index contributed by atoms with van der Waals surface area (Å²) in [6, 6.07) is 2.04. The van der Waals surface area contributed by atoms with Gasteiger partial charge in [-0.25, -0.2) is 9.67 Å². The van der Waals surface area contributed by atoms with Crippen LogP contribution < -0.4 is 5.56 Å². The predicted octanol–water partition coefficient (Wildman–Crippen LogP) is 1.96. The molecule has 0 amide bonds. The van der Waals surface area contributed by atoms with Gasteiger partial charge in [0.15, 0.2) is 0 Å². The molecule has 0 aliphatic carbocycles. The van der Waals surface area contributed by atoms with Crippen LogP contribution in [0.4, 0.5) is 0 Å². The Morgan fingerprint density at radius 2 is 2.00 bits per heavy atom. The number of nitrogens with zero attached hydrogens (tertiary/aromatic N) is 4. The van der Waals surface area contributed by atoms with Gasteiger partial charge in [0.2, 0.25) is 5.82 Å². The molecular weight excluding hydrogens is 240 g/mol. The standard InChI is InChI=1S/C14H20N4O/c1-4-8-17-9-7-15-13(14(17)19)18-12(6-3)10-11(5-2)16-18/h7,9-10H,4-6,8H2,1-3H3. The van der Waals surface area contributed by atoms with Crippen LogP contribution in [-0.2, 0) is 19.4 Å². The molecule has 5 heteroatoms. The highest BCUT2D eigenvalue weighted by molar-refractivity contribution is 5.24. The first-order valence-electron chi connectivity index (χ1n) is 6.84. The third-order valence-corrected chi connectivity index (χ3v) is 3.12. The first kappa shape index (κ1) is 13.5.